The van der Waals surface area contributed by atoms with Crippen molar-refractivity contribution in [1.29, 1.82) is 5.26 Å². The van der Waals surface area contributed by atoms with Gasteiger partial charge in [-0.15, -0.1) is 0 Å². The van der Waals surface area contributed by atoms with Crippen LogP contribution in [-0.2, 0) is 6.42 Å². The molecule has 0 heterocycles. The summed E-state index contributed by atoms with van der Waals surface area (Å²) in [5, 5.41) is 11.8. The van der Waals surface area contributed by atoms with Gasteiger partial charge >= 0.3 is 0 Å². The zero-order chi connectivity index (χ0) is 11.1. The van der Waals surface area contributed by atoms with Crippen LogP contribution in [-0.4, -0.2) is 6.04 Å². The first-order valence-electron chi connectivity index (χ1n) is 5.51. The Balaban J connectivity index is 2.53. The van der Waals surface area contributed by atoms with Crippen LogP contribution in [0.15, 0.2) is 24.3 Å². The summed E-state index contributed by atoms with van der Waals surface area (Å²) in [7, 11) is 0. The fourth-order valence-electron chi connectivity index (χ4n) is 1.43. The number of hydrogen-bond donors (Lipinski definition) is 1. The second kappa shape index (κ2) is 6.08. The summed E-state index contributed by atoms with van der Waals surface area (Å²) in [5.74, 6) is 0. The highest BCUT2D eigenvalue weighted by molar-refractivity contribution is 5.46. The largest absolute Gasteiger partial charge is 0.370 e. The number of anilines is 1. The lowest BCUT2D eigenvalue weighted by Crippen LogP contribution is -2.11. The first-order chi connectivity index (χ1) is 7.26. The third kappa shape index (κ3) is 4.03. The van der Waals surface area contributed by atoms with Crippen molar-refractivity contribution in [3.63, 3.8) is 0 Å². The van der Waals surface area contributed by atoms with Crippen LogP contribution in [0.3, 0.4) is 0 Å². The van der Waals surface area contributed by atoms with E-state index in [-0.39, 0.29) is 6.04 Å². The molecule has 0 fully saturated rings. The van der Waals surface area contributed by atoms with Crippen LogP contribution in [0, 0.1) is 11.3 Å². The van der Waals surface area contributed by atoms with Crippen molar-refractivity contribution in [2.24, 2.45) is 0 Å². The number of rotatable bonds is 5. The highest BCUT2D eigenvalue weighted by Crippen LogP contribution is 2.12. The Morgan fingerprint density at radius 1 is 1.33 bits per heavy atom. The van der Waals surface area contributed by atoms with Crippen molar-refractivity contribution < 1.29 is 0 Å². The molecule has 0 spiro atoms. The molecule has 0 aromatic heterocycles. The minimum Gasteiger partial charge on any atom is -0.370 e. The van der Waals surface area contributed by atoms with Gasteiger partial charge in [0.05, 0.1) is 6.07 Å². The van der Waals surface area contributed by atoms with Crippen molar-refractivity contribution in [3.05, 3.63) is 29.8 Å². The van der Waals surface area contributed by atoms with Crippen LogP contribution >= 0.6 is 0 Å². The molecule has 0 aliphatic carbocycles. The van der Waals surface area contributed by atoms with Crippen LogP contribution in [0.5, 0.6) is 0 Å². The van der Waals surface area contributed by atoms with Gasteiger partial charge in [-0.25, -0.2) is 0 Å². The molecule has 0 aliphatic rings. The summed E-state index contributed by atoms with van der Waals surface area (Å²) >= 11 is 0. The van der Waals surface area contributed by atoms with Gasteiger partial charge in [0.25, 0.3) is 0 Å². The Bertz CT molecular complexity index is 321. The fraction of sp³-hybridized carbons (Fsp3) is 0.462. The molecule has 15 heavy (non-hydrogen) atoms. The number of benzene rings is 1. The van der Waals surface area contributed by atoms with Crippen LogP contribution in [0.4, 0.5) is 5.69 Å². The third-order valence-corrected chi connectivity index (χ3v) is 2.35. The molecule has 1 aromatic rings. The van der Waals surface area contributed by atoms with Crippen molar-refractivity contribution >= 4 is 5.69 Å². The molecule has 2 nitrogen and oxygen atoms in total. The van der Waals surface area contributed by atoms with Gasteiger partial charge in [0.2, 0.25) is 0 Å². The van der Waals surface area contributed by atoms with E-state index in [0.717, 1.165) is 12.1 Å². The van der Waals surface area contributed by atoms with E-state index < -0.39 is 0 Å². The Morgan fingerprint density at radius 3 is 2.53 bits per heavy atom. The lowest BCUT2D eigenvalue weighted by molar-refractivity contribution is 0.795. The summed E-state index contributed by atoms with van der Waals surface area (Å²) in [5.41, 5.74) is 2.39. The van der Waals surface area contributed by atoms with Gasteiger partial charge < -0.3 is 5.32 Å². The number of nitrogens with one attached hydrogen (secondary N) is 1. The molecule has 0 aliphatic heterocycles. The molecule has 0 bridgehead atoms. The van der Waals surface area contributed by atoms with E-state index >= 15 is 0 Å². The first kappa shape index (κ1) is 11.6. The normalized spacial score (nSPS) is 11.8. The average Bonchev–Trinajstić information content (AvgIpc) is 2.28. The minimum absolute atomic E-state index is 0.133. The fourth-order valence-corrected chi connectivity index (χ4v) is 1.43. The molecule has 80 valence electrons. The summed E-state index contributed by atoms with van der Waals surface area (Å²) in [6.07, 6.45) is 3.61. The molecular formula is C13H18N2. The maximum atomic E-state index is 8.65. The quantitative estimate of drug-likeness (QED) is 0.794. The van der Waals surface area contributed by atoms with E-state index in [2.05, 4.69) is 30.4 Å². The number of nitriles is 1. The summed E-state index contributed by atoms with van der Waals surface area (Å²) in [4.78, 5) is 0. The Labute approximate surface area is 91.9 Å². The summed E-state index contributed by atoms with van der Waals surface area (Å²) < 4.78 is 0. The molecule has 1 N–H and O–H groups in total. The third-order valence-electron chi connectivity index (χ3n) is 2.35. The second-order valence-corrected chi connectivity index (χ2v) is 3.80. The molecule has 1 rings (SSSR count). The lowest BCUT2D eigenvalue weighted by Gasteiger charge is -2.08. The Hall–Kier alpha value is -1.49. The van der Waals surface area contributed by atoms with E-state index in [9.17, 15) is 0 Å². The molecule has 0 amide bonds. The smallest absolute Gasteiger partial charge is 0.111 e. The first-order valence-corrected chi connectivity index (χ1v) is 5.51. The average molecular weight is 202 g/mol. The van der Waals surface area contributed by atoms with Crippen molar-refractivity contribution in [2.45, 2.75) is 39.2 Å². The molecule has 1 aromatic carbocycles. The molecule has 0 saturated heterocycles. The standard InChI is InChI=1S/C13H18N2/c1-3-4-5-12-6-8-13(9-7-12)15-11(2)10-14/h6-9,11,15H,3-5H2,1-2H3. The lowest BCUT2D eigenvalue weighted by atomic mass is 10.1. The minimum atomic E-state index is -0.133. The predicted octanol–water partition coefficient (Wildman–Crippen LogP) is 3.35. The number of nitrogens with zero attached hydrogens (tertiary/aromatic N) is 1. The highest BCUT2D eigenvalue weighted by atomic mass is 14.9. The van der Waals surface area contributed by atoms with Crippen LogP contribution in [0.1, 0.15) is 32.3 Å². The maximum Gasteiger partial charge on any atom is 0.111 e. The molecule has 2 heteroatoms. The number of unbranched alkanes of at least 4 members (excludes halogenated alkanes) is 1. The van der Waals surface area contributed by atoms with Crippen LogP contribution < -0.4 is 5.32 Å². The van der Waals surface area contributed by atoms with E-state index in [4.69, 9.17) is 5.26 Å². The van der Waals surface area contributed by atoms with Gasteiger partial charge in [-0.1, -0.05) is 25.5 Å². The molecule has 1 atom stereocenters. The molecule has 1 unspecified atom stereocenters. The van der Waals surface area contributed by atoms with Gasteiger partial charge in [0, 0.05) is 5.69 Å². The zero-order valence-electron chi connectivity index (χ0n) is 9.46. The van der Waals surface area contributed by atoms with Gasteiger partial charge in [-0.3, -0.25) is 0 Å². The van der Waals surface area contributed by atoms with Crippen LogP contribution in [0.2, 0.25) is 0 Å². The molecule has 0 radical (unpaired) electrons. The van der Waals surface area contributed by atoms with E-state index in [1.807, 2.05) is 19.1 Å². The predicted molar refractivity (Wildman–Crippen MR) is 63.8 cm³/mol. The molecular weight excluding hydrogens is 184 g/mol. The monoisotopic (exact) mass is 202 g/mol. The van der Waals surface area contributed by atoms with Crippen molar-refractivity contribution in [2.75, 3.05) is 5.32 Å². The highest BCUT2D eigenvalue weighted by Gasteiger charge is 1.98. The van der Waals surface area contributed by atoms with Gasteiger partial charge in [0.1, 0.15) is 6.04 Å². The summed E-state index contributed by atoms with van der Waals surface area (Å²) in [6, 6.07) is 10.4. The van der Waals surface area contributed by atoms with E-state index in [1.165, 1.54) is 18.4 Å². The SMILES string of the molecule is CCCCc1ccc(NC(C)C#N)cc1. The maximum absolute atomic E-state index is 8.65. The van der Waals surface area contributed by atoms with E-state index in [0.29, 0.717) is 0 Å². The zero-order valence-corrected chi connectivity index (χ0v) is 9.46. The number of hydrogen-bond acceptors (Lipinski definition) is 2. The molecule has 0 saturated carbocycles. The topological polar surface area (TPSA) is 35.8 Å². The van der Waals surface area contributed by atoms with Crippen molar-refractivity contribution in [3.8, 4) is 6.07 Å². The summed E-state index contributed by atoms with van der Waals surface area (Å²) in [6.45, 7) is 4.05. The van der Waals surface area contributed by atoms with Gasteiger partial charge in [-0.2, -0.15) is 5.26 Å². The Morgan fingerprint density at radius 2 is 2.00 bits per heavy atom. The Kier molecular flexibility index (Phi) is 4.70. The van der Waals surface area contributed by atoms with Gasteiger partial charge in [0.15, 0.2) is 0 Å². The second-order valence-electron chi connectivity index (χ2n) is 3.80. The van der Waals surface area contributed by atoms with Crippen molar-refractivity contribution in [1.82, 2.24) is 0 Å². The van der Waals surface area contributed by atoms with Gasteiger partial charge in [-0.05, 0) is 37.5 Å². The van der Waals surface area contributed by atoms with E-state index in [1.54, 1.807) is 0 Å². The van der Waals surface area contributed by atoms with Crippen LogP contribution in [0.25, 0.3) is 0 Å². The number of aryl methyl sites for hydroxylation is 1.